The molecule has 2 aliphatic rings. The zero-order chi connectivity index (χ0) is 17.6. The molecule has 1 atom stereocenters. The van der Waals surface area contributed by atoms with Gasteiger partial charge in [0.25, 0.3) is 0 Å². The molecule has 2 heterocycles. The summed E-state index contributed by atoms with van der Waals surface area (Å²) in [6.07, 6.45) is -1.30. The normalized spacial score (nSPS) is 25.2. The highest BCUT2D eigenvalue weighted by Gasteiger charge is 2.42. The third kappa shape index (κ3) is 5.81. The molecule has 2 aliphatic heterocycles. The molecule has 0 amide bonds. The van der Waals surface area contributed by atoms with E-state index in [1.807, 2.05) is 6.92 Å². The summed E-state index contributed by atoms with van der Waals surface area (Å²) in [6, 6.07) is 0. The monoisotopic (exact) mass is 350 g/mol. The first-order chi connectivity index (χ1) is 11.3. The van der Waals surface area contributed by atoms with Crippen LogP contribution < -0.4 is 5.32 Å². The molecule has 5 nitrogen and oxygen atoms in total. The second kappa shape index (κ2) is 8.38. The SMILES string of the molecule is CCNC(=NCCCN(C)CC(F)(F)F)N1CCC2(CCOC2)C1. The van der Waals surface area contributed by atoms with Crippen molar-refractivity contribution < 1.29 is 17.9 Å². The number of alkyl halides is 3. The van der Waals surface area contributed by atoms with Crippen LogP contribution in [-0.2, 0) is 4.74 Å². The lowest BCUT2D eigenvalue weighted by atomic mass is 9.87. The first-order valence-electron chi connectivity index (χ1n) is 8.70. The van der Waals surface area contributed by atoms with E-state index in [1.165, 1.54) is 11.9 Å². The quantitative estimate of drug-likeness (QED) is 0.452. The summed E-state index contributed by atoms with van der Waals surface area (Å²) >= 11 is 0. The minimum Gasteiger partial charge on any atom is -0.381 e. The van der Waals surface area contributed by atoms with Crippen molar-refractivity contribution in [1.29, 1.82) is 0 Å². The number of likely N-dealkylation sites (tertiary alicyclic amines) is 1. The molecule has 1 N–H and O–H groups in total. The Kier molecular flexibility index (Phi) is 6.74. The summed E-state index contributed by atoms with van der Waals surface area (Å²) in [6.45, 7) is 6.44. The smallest absolute Gasteiger partial charge is 0.381 e. The summed E-state index contributed by atoms with van der Waals surface area (Å²) in [5.41, 5.74) is 0.267. The average molecular weight is 350 g/mol. The number of ether oxygens (including phenoxy) is 1. The minimum absolute atomic E-state index is 0.267. The Bertz CT molecular complexity index is 422. The number of halogens is 3. The van der Waals surface area contributed by atoms with E-state index >= 15 is 0 Å². The Morgan fingerprint density at radius 1 is 1.38 bits per heavy atom. The van der Waals surface area contributed by atoms with E-state index in [-0.39, 0.29) is 5.41 Å². The Morgan fingerprint density at radius 2 is 2.17 bits per heavy atom. The van der Waals surface area contributed by atoms with Crippen molar-refractivity contribution in [3.05, 3.63) is 0 Å². The van der Waals surface area contributed by atoms with Crippen LogP contribution in [0.15, 0.2) is 4.99 Å². The molecule has 24 heavy (non-hydrogen) atoms. The van der Waals surface area contributed by atoms with Gasteiger partial charge in [0.05, 0.1) is 13.2 Å². The van der Waals surface area contributed by atoms with Crippen LogP contribution >= 0.6 is 0 Å². The van der Waals surface area contributed by atoms with E-state index in [9.17, 15) is 13.2 Å². The summed E-state index contributed by atoms with van der Waals surface area (Å²) in [4.78, 5) is 8.16. The third-order valence-corrected chi connectivity index (χ3v) is 4.67. The largest absolute Gasteiger partial charge is 0.401 e. The van der Waals surface area contributed by atoms with Gasteiger partial charge in [-0.2, -0.15) is 13.2 Å². The molecular weight excluding hydrogens is 321 g/mol. The predicted molar refractivity (Wildman–Crippen MR) is 88.2 cm³/mol. The Hall–Kier alpha value is -1.02. The van der Waals surface area contributed by atoms with E-state index in [4.69, 9.17) is 4.74 Å². The zero-order valence-electron chi connectivity index (χ0n) is 14.7. The van der Waals surface area contributed by atoms with Crippen LogP contribution in [0.25, 0.3) is 0 Å². The Balaban J connectivity index is 1.79. The zero-order valence-corrected chi connectivity index (χ0v) is 14.7. The van der Waals surface area contributed by atoms with Crippen molar-refractivity contribution in [2.24, 2.45) is 10.4 Å². The first kappa shape index (κ1) is 19.3. The van der Waals surface area contributed by atoms with Gasteiger partial charge >= 0.3 is 6.18 Å². The molecule has 0 aromatic heterocycles. The van der Waals surface area contributed by atoms with Gasteiger partial charge < -0.3 is 15.0 Å². The van der Waals surface area contributed by atoms with Crippen LogP contribution in [0.3, 0.4) is 0 Å². The van der Waals surface area contributed by atoms with Gasteiger partial charge in [0, 0.05) is 38.2 Å². The first-order valence-corrected chi connectivity index (χ1v) is 8.70. The lowest BCUT2D eigenvalue weighted by Gasteiger charge is -2.25. The molecule has 0 aromatic rings. The van der Waals surface area contributed by atoms with Crippen LogP contribution in [0.5, 0.6) is 0 Å². The molecule has 0 saturated carbocycles. The number of rotatable bonds is 6. The molecular formula is C16H29F3N4O. The fourth-order valence-corrected chi connectivity index (χ4v) is 3.42. The highest BCUT2D eigenvalue weighted by atomic mass is 19.4. The van der Waals surface area contributed by atoms with Crippen LogP contribution in [0.4, 0.5) is 13.2 Å². The molecule has 0 bridgehead atoms. The van der Waals surface area contributed by atoms with E-state index < -0.39 is 12.7 Å². The fourth-order valence-electron chi connectivity index (χ4n) is 3.42. The van der Waals surface area contributed by atoms with E-state index in [1.54, 1.807) is 0 Å². The van der Waals surface area contributed by atoms with Crippen molar-refractivity contribution in [1.82, 2.24) is 15.1 Å². The van der Waals surface area contributed by atoms with Crippen LogP contribution in [-0.4, -0.2) is 81.5 Å². The lowest BCUT2D eigenvalue weighted by Crippen LogP contribution is -2.41. The Morgan fingerprint density at radius 3 is 2.79 bits per heavy atom. The van der Waals surface area contributed by atoms with Gasteiger partial charge in [-0.3, -0.25) is 9.89 Å². The lowest BCUT2D eigenvalue weighted by molar-refractivity contribution is -0.143. The Labute approximate surface area is 142 Å². The molecule has 2 fully saturated rings. The predicted octanol–water partition coefficient (Wildman–Crippen LogP) is 1.95. The van der Waals surface area contributed by atoms with Crippen LogP contribution in [0.1, 0.15) is 26.2 Å². The second-order valence-electron chi connectivity index (χ2n) is 6.92. The van der Waals surface area contributed by atoms with Crippen LogP contribution in [0.2, 0.25) is 0 Å². The van der Waals surface area contributed by atoms with E-state index in [0.29, 0.717) is 19.5 Å². The molecule has 2 rings (SSSR count). The molecule has 0 aliphatic carbocycles. The van der Waals surface area contributed by atoms with Gasteiger partial charge in [-0.15, -0.1) is 0 Å². The van der Waals surface area contributed by atoms with Crippen LogP contribution in [0, 0.1) is 5.41 Å². The standard InChI is InChI=1S/C16H29F3N4O/c1-3-20-14(21-7-4-8-22(2)12-16(17,18)19)23-9-5-15(11-23)6-10-24-13-15/h3-13H2,1-2H3,(H,20,21). The van der Waals surface area contributed by atoms with Crippen molar-refractivity contribution >= 4 is 5.96 Å². The maximum atomic E-state index is 12.3. The van der Waals surface area contributed by atoms with Gasteiger partial charge in [-0.25, -0.2) is 0 Å². The average Bonchev–Trinajstić information content (AvgIpc) is 3.11. The second-order valence-corrected chi connectivity index (χ2v) is 6.92. The number of guanidine groups is 1. The van der Waals surface area contributed by atoms with Crippen molar-refractivity contribution in [2.45, 2.75) is 32.4 Å². The van der Waals surface area contributed by atoms with E-state index in [0.717, 1.165) is 51.6 Å². The summed E-state index contributed by atoms with van der Waals surface area (Å²) in [7, 11) is 1.49. The maximum absolute atomic E-state index is 12.3. The number of nitrogens with zero attached hydrogens (tertiary/aromatic N) is 3. The van der Waals surface area contributed by atoms with Crippen molar-refractivity contribution in [3.63, 3.8) is 0 Å². The number of nitrogens with one attached hydrogen (secondary N) is 1. The molecule has 140 valence electrons. The van der Waals surface area contributed by atoms with Gasteiger partial charge in [0.15, 0.2) is 5.96 Å². The highest BCUT2D eigenvalue weighted by molar-refractivity contribution is 5.80. The molecule has 2 saturated heterocycles. The number of aliphatic imine (C=N–C) groups is 1. The molecule has 1 spiro atoms. The highest BCUT2D eigenvalue weighted by Crippen LogP contribution is 2.38. The van der Waals surface area contributed by atoms with Gasteiger partial charge in [0.1, 0.15) is 0 Å². The summed E-state index contributed by atoms with van der Waals surface area (Å²) < 4.78 is 42.4. The summed E-state index contributed by atoms with van der Waals surface area (Å²) in [5, 5.41) is 3.30. The minimum atomic E-state index is -4.14. The van der Waals surface area contributed by atoms with E-state index in [2.05, 4.69) is 15.2 Å². The number of hydrogen-bond donors (Lipinski definition) is 1. The van der Waals surface area contributed by atoms with Crippen molar-refractivity contribution in [2.75, 3.05) is 59.5 Å². The van der Waals surface area contributed by atoms with Gasteiger partial charge in [-0.05, 0) is 39.8 Å². The van der Waals surface area contributed by atoms with Gasteiger partial charge in [-0.1, -0.05) is 0 Å². The molecule has 0 aromatic carbocycles. The molecule has 8 heteroatoms. The third-order valence-electron chi connectivity index (χ3n) is 4.67. The van der Waals surface area contributed by atoms with Crippen molar-refractivity contribution in [3.8, 4) is 0 Å². The topological polar surface area (TPSA) is 40.1 Å². The van der Waals surface area contributed by atoms with Gasteiger partial charge in [0.2, 0.25) is 0 Å². The maximum Gasteiger partial charge on any atom is 0.401 e. The summed E-state index contributed by atoms with van der Waals surface area (Å²) in [5.74, 6) is 0.875. The fraction of sp³-hybridized carbons (Fsp3) is 0.938. The number of hydrogen-bond acceptors (Lipinski definition) is 3. The molecule has 0 radical (unpaired) electrons. The molecule has 1 unspecified atom stereocenters.